The second-order valence-corrected chi connectivity index (χ2v) is 5.03. The quantitative estimate of drug-likeness (QED) is 0.647. The van der Waals surface area contributed by atoms with Crippen molar-refractivity contribution in [1.82, 2.24) is 14.9 Å². The number of nitrogens with zero attached hydrogens (tertiary/aromatic N) is 3. The molecule has 1 aromatic heterocycles. The molecule has 0 saturated carbocycles. The number of rotatable bonds is 3. The molecule has 0 radical (unpaired) electrons. The number of hydrogen-bond donors (Lipinski definition) is 1. The maximum absolute atomic E-state index is 11.0. The van der Waals surface area contributed by atoms with Crippen molar-refractivity contribution in [1.29, 1.82) is 0 Å². The molecule has 1 fully saturated rings. The van der Waals surface area contributed by atoms with Crippen molar-refractivity contribution >= 4 is 17.7 Å². The number of likely N-dealkylation sites (tertiary alicyclic amines) is 1. The number of carboxylic acid groups (broad SMARTS) is 1. The van der Waals surface area contributed by atoms with Gasteiger partial charge in [-0.05, 0) is 26.3 Å². The highest BCUT2D eigenvalue weighted by atomic mass is 32.2. The Hall–Kier alpha value is -1.14. The fourth-order valence-electron chi connectivity index (χ4n) is 1.99. The first-order chi connectivity index (χ1) is 8.10. The normalized spacial score (nSPS) is 20.7. The molecular formula is C11H15N3O2S. The molecule has 1 aliphatic rings. The summed E-state index contributed by atoms with van der Waals surface area (Å²) in [6.45, 7) is 1.91. The minimum Gasteiger partial charge on any atom is -0.477 e. The topological polar surface area (TPSA) is 66.3 Å². The van der Waals surface area contributed by atoms with Gasteiger partial charge in [0, 0.05) is 18.5 Å². The van der Waals surface area contributed by atoms with E-state index in [4.69, 9.17) is 5.11 Å². The van der Waals surface area contributed by atoms with Gasteiger partial charge in [-0.2, -0.15) is 0 Å². The second kappa shape index (κ2) is 5.01. The monoisotopic (exact) mass is 253 g/mol. The lowest BCUT2D eigenvalue weighted by Crippen LogP contribution is -2.15. The molecule has 17 heavy (non-hydrogen) atoms. The third kappa shape index (κ3) is 2.76. The molecule has 0 bridgehead atoms. The zero-order chi connectivity index (χ0) is 12.4. The van der Waals surface area contributed by atoms with Gasteiger partial charge >= 0.3 is 5.97 Å². The van der Waals surface area contributed by atoms with Crippen molar-refractivity contribution in [2.75, 3.05) is 26.4 Å². The highest BCUT2D eigenvalue weighted by Crippen LogP contribution is 2.25. The standard InChI is InChI=1S/C11H15N3O2S/c1-14-4-3-7(6-14)10-12-8(11(15)16)5-9(13-10)17-2/h5,7H,3-4,6H2,1-2H3,(H,15,16). The van der Waals surface area contributed by atoms with E-state index in [1.54, 1.807) is 0 Å². The molecule has 0 spiro atoms. The average Bonchev–Trinajstić information content (AvgIpc) is 2.75. The molecule has 2 rings (SSSR count). The summed E-state index contributed by atoms with van der Waals surface area (Å²) in [4.78, 5) is 21.8. The molecule has 1 N–H and O–H groups in total. The largest absolute Gasteiger partial charge is 0.477 e. The van der Waals surface area contributed by atoms with Crippen molar-refractivity contribution < 1.29 is 9.90 Å². The molecule has 0 aliphatic carbocycles. The second-order valence-electron chi connectivity index (χ2n) is 4.21. The SMILES string of the molecule is CSc1cc(C(=O)O)nc(C2CCN(C)C2)n1. The number of carboxylic acids is 1. The molecule has 92 valence electrons. The molecule has 1 atom stereocenters. The predicted octanol–water partition coefficient (Wildman–Crippen LogP) is 1.32. The molecule has 1 aliphatic heterocycles. The van der Waals surface area contributed by atoms with Gasteiger partial charge in [-0.15, -0.1) is 11.8 Å². The molecule has 5 nitrogen and oxygen atoms in total. The van der Waals surface area contributed by atoms with Gasteiger partial charge in [-0.1, -0.05) is 0 Å². The average molecular weight is 253 g/mol. The third-order valence-electron chi connectivity index (χ3n) is 2.90. The lowest BCUT2D eigenvalue weighted by Gasteiger charge is -2.10. The zero-order valence-electron chi connectivity index (χ0n) is 9.88. The zero-order valence-corrected chi connectivity index (χ0v) is 10.7. The van der Waals surface area contributed by atoms with Gasteiger partial charge < -0.3 is 10.0 Å². The highest BCUT2D eigenvalue weighted by Gasteiger charge is 2.25. The fourth-order valence-corrected chi connectivity index (χ4v) is 2.40. The van der Waals surface area contributed by atoms with Crippen LogP contribution >= 0.6 is 11.8 Å². The van der Waals surface area contributed by atoms with Gasteiger partial charge in [0.15, 0.2) is 5.69 Å². The molecular weight excluding hydrogens is 238 g/mol. The number of thioether (sulfide) groups is 1. The molecule has 0 aromatic carbocycles. The number of aromatic nitrogens is 2. The Morgan fingerprint density at radius 1 is 1.59 bits per heavy atom. The summed E-state index contributed by atoms with van der Waals surface area (Å²) < 4.78 is 0. The van der Waals surface area contributed by atoms with Crippen LogP contribution in [0.2, 0.25) is 0 Å². The van der Waals surface area contributed by atoms with E-state index >= 15 is 0 Å². The van der Waals surface area contributed by atoms with E-state index in [2.05, 4.69) is 21.9 Å². The van der Waals surface area contributed by atoms with E-state index in [1.165, 1.54) is 17.8 Å². The summed E-state index contributed by atoms with van der Waals surface area (Å²) >= 11 is 1.45. The lowest BCUT2D eigenvalue weighted by molar-refractivity contribution is 0.0689. The van der Waals surface area contributed by atoms with Crippen LogP contribution in [0.3, 0.4) is 0 Å². The molecule has 6 heteroatoms. The Kier molecular flexibility index (Phi) is 3.63. The predicted molar refractivity (Wildman–Crippen MR) is 65.6 cm³/mol. The minimum atomic E-state index is -0.990. The van der Waals surface area contributed by atoms with Crippen molar-refractivity contribution in [3.63, 3.8) is 0 Å². The summed E-state index contributed by atoms with van der Waals surface area (Å²) in [5, 5.41) is 9.74. The van der Waals surface area contributed by atoms with Gasteiger partial charge in [0.1, 0.15) is 10.9 Å². The third-order valence-corrected chi connectivity index (χ3v) is 3.53. The molecule has 0 amide bonds. The van der Waals surface area contributed by atoms with Gasteiger partial charge in [0.05, 0.1) is 0 Å². The van der Waals surface area contributed by atoms with Crippen LogP contribution in [0.5, 0.6) is 0 Å². The van der Waals surface area contributed by atoms with Crippen LogP contribution in [0.25, 0.3) is 0 Å². The summed E-state index contributed by atoms with van der Waals surface area (Å²) in [7, 11) is 2.05. The summed E-state index contributed by atoms with van der Waals surface area (Å²) in [6.07, 6.45) is 2.88. The molecule has 1 unspecified atom stereocenters. The van der Waals surface area contributed by atoms with Crippen LogP contribution in [-0.2, 0) is 0 Å². The number of aromatic carboxylic acids is 1. The van der Waals surface area contributed by atoms with Crippen LogP contribution in [0.15, 0.2) is 11.1 Å². The lowest BCUT2D eigenvalue weighted by atomic mass is 10.1. The van der Waals surface area contributed by atoms with Gasteiger partial charge in [-0.25, -0.2) is 14.8 Å². The van der Waals surface area contributed by atoms with E-state index < -0.39 is 5.97 Å². The van der Waals surface area contributed by atoms with Gasteiger partial charge in [0.2, 0.25) is 0 Å². The first-order valence-corrected chi connectivity index (χ1v) is 6.67. The van der Waals surface area contributed by atoms with Crippen molar-refractivity contribution in [3.05, 3.63) is 17.6 Å². The van der Waals surface area contributed by atoms with Gasteiger partial charge in [-0.3, -0.25) is 0 Å². The fraction of sp³-hybridized carbons (Fsp3) is 0.545. The van der Waals surface area contributed by atoms with Crippen molar-refractivity contribution in [3.8, 4) is 0 Å². The maximum atomic E-state index is 11.0. The molecule has 1 aromatic rings. The Labute approximate surface area is 104 Å². The smallest absolute Gasteiger partial charge is 0.354 e. The highest BCUT2D eigenvalue weighted by molar-refractivity contribution is 7.98. The Morgan fingerprint density at radius 3 is 2.88 bits per heavy atom. The van der Waals surface area contributed by atoms with E-state index in [0.717, 1.165) is 24.5 Å². The van der Waals surface area contributed by atoms with E-state index in [0.29, 0.717) is 5.82 Å². The van der Waals surface area contributed by atoms with Crippen LogP contribution in [0.4, 0.5) is 0 Å². The Balaban J connectivity index is 2.32. The van der Waals surface area contributed by atoms with E-state index in [1.807, 2.05) is 6.26 Å². The van der Waals surface area contributed by atoms with Crippen LogP contribution < -0.4 is 0 Å². The Morgan fingerprint density at radius 2 is 2.35 bits per heavy atom. The summed E-state index contributed by atoms with van der Waals surface area (Å²) in [6, 6.07) is 1.52. The van der Waals surface area contributed by atoms with Crippen molar-refractivity contribution in [2.24, 2.45) is 0 Å². The van der Waals surface area contributed by atoms with Crippen LogP contribution in [0.1, 0.15) is 28.7 Å². The number of hydrogen-bond acceptors (Lipinski definition) is 5. The van der Waals surface area contributed by atoms with E-state index in [-0.39, 0.29) is 11.6 Å². The van der Waals surface area contributed by atoms with Gasteiger partial charge in [0.25, 0.3) is 0 Å². The minimum absolute atomic E-state index is 0.0916. The van der Waals surface area contributed by atoms with Crippen molar-refractivity contribution in [2.45, 2.75) is 17.4 Å². The first kappa shape index (κ1) is 12.3. The van der Waals surface area contributed by atoms with Crippen LogP contribution in [-0.4, -0.2) is 52.3 Å². The number of likely N-dealkylation sites (N-methyl/N-ethyl adjacent to an activating group) is 1. The summed E-state index contributed by atoms with van der Waals surface area (Å²) in [5.74, 6) is -0.0703. The molecule has 1 saturated heterocycles. The van der Waals surface area contributed by atoms with E-state index in [9.17, 15) is 4.79 Å². The maximum Gasteiger partial charge on any atom is 0.354 e. The molecule has 2 heterocycles. The van der Waals surface area contributed by atoms with Crippen LogP contribution in [0, 0.1) is 0 Å². The first-order valence-electron chi connectivity index (χ1n) is 5.45. The summed E-state index contributed by atoms with van der Waals surface area (Å²) in [5.41, 5.74) is 0.0916. The number of carbonyl (C=O) groups is 1. The Bertz CT molecular complexity index is 439.